The van der Waals surface area contributed by atoms with Gasteiger partial charge in [-0.2, -0.15) is 0 Å². The molecule has 0 bridgehead atoms. The van der Waals surface area contributed by atoms with Gasteiger partial charge < -0.3 is 5.11 Å². The van der Waals surface area contributed by atoms with E-state index in [1.807, 2.05) is 6.07 Å². The third-order valence-electron chi connectivity index (χ3n) is 3.32. The molecule has 0 unspecified atom stereocenters. The molecule has 0 fully saturated rings. The fourth-order valence-electron chi connectivity index (χ4n) is 2.21. The minimum atomic E-state index is -0.427. The number of hydrogen-bond acceptors (Lipinski definition) is 1. The molecule has 1 aromatic rings. The summed E-state index contributed by atoms with van der Waals surface area (Å²) in [7, 11) is 0. The Hall–Kier alpha value is -0.820. The Labute approximate surface area is 99.5 Å². The van der Waals surface area contributed by atoms with E-state index in [1.165, 1.54) is 5.56 Å². The van der Waals surface area contributed by atoms with Crippen LogP contribution in [0.15, 0.2) is 30.3 Å². The molecule has 0 spiro atoms. The highest BCUT2D eigenvalue weighted by Gasteiger charge is 2.22. The molecule has 1 atom stereocenters. The molecule has 1 heteroatoms. The quantitative estimate of drug-likeness (QED) is 0.737. The van der Waals surface area contributed by atoms with Crippen LogP contribution in [0.3, 0.4) is 0 Å². The van der Waals surface area contributed by atoms with E-state index in [1.54, 1.807) is 0 Å². The van der Waals surface area contributed by atoms with Gasteiger partial charge in [0.1, 0.15) is 0 Å². The van der Waals surface area contributed by atoms with E-state index in [4.69, 9.17) is 0 Å². The van der Waals surface area contributed by atoms with Crippen LogP contribution in [0.4, 0.5) is 0 Å². The van der Waals surface area contributed by atoms with Crippen LogP contribution in [0.25, 0.3) is 0 Å². The van der Waals surface area contributed by atoms with Crippen molar-refractivity contribution >= 4 is 0 Å². The van der Waals surface area contributed by atoms with Crippen molar-refractivity contribution in [1.82, 2.24) is 0 Å². The zero-order valence-corrected chi connectivity index (χ0v) is 10.6. The van der Waals surface area contributed by atoms with Gasteiger partial charge in [0.25, 0.3) is 0 Å². The van der Waals surface area contributed by atoms with Crippen molar-refractivity contribution < 1.29 is 5.11 Å². The van der Waals surface area contributed by atoms with Gasteiger partial charge in [-0.3, -0.25) is 0 Å². The molecule has 0 aliphatic heterocycles. The molecule has 0 aliphatic rings. The van der Waals surface area contributed by atoms with Gasteiger partial charge in [-0.1, -0.05) is 50.6 Å². The van der Waals surface area contributed by atoms with Crippen LogP contribution in [0.1, 0.15) is 51.5 Å². The van der Waals surface area contributed by atoms with Crippen molar-refractivity contribution in [2.75, 3.05) is 0 Å². The molecule has 90 valence electrons. The Morgan fingerprint density at radius 2 is 1.75 bits per heavy atom. The maximum absolute atomic E-state index is 10.3. The molecule has 0 saturated heterocycles. The van der Waals surface area contributed by atoms with Gasteiger partial charge in [0.05, 0.1) is 5.60 Å². The lowest BCUT2D eigenvalue weighted by Gasteiger charge is -2.26. The second-order valence-corrected chi connectivity index (χ2v) is 4.67. The monoisotopic (exact) mass is 220 g/mol. The minimum Gasteiger partial charge on any atom is -0.390 e. The van der Waals surface area contributed by atoms with Gasteiger partial charge in [-0.05, 0) is 37.7 Å². The first kappa shape index (κ1) is 13.2. The summed E-state index contributed by atoms with van der Waals surface area (Å²) in [5.41, 5.74) is 0.946. The Balaban J connectivity index is 2.34. The summed E-state index contributed by atoms with van der Waals surface area (Å²) >= 11 is 0. The second-order valence-electron chi connectivity index (χ2n) is 4.67. The Morgan fingerprint density at radius 1 is 1.06 bits per heavy atom. The van der Waals surface area contributed by atoms with Gasteiger partial charge in [0.15, 0.2) is 0 Å². The molecule has 1 nitrogen and oxygen atoms in total. The fraction of sp³-hybridized carbons (Fsp3) is 0.600. The summed E-state index contributed by atoms with van der Waals surface area (Å²) in [6.07, 6.45) is 5.94. The Kier molecular flexibility index (Phi) is 5.54. The predicted molar refractivity (Wildman–Crippen MR) is 69.5 cm³/mol. The Bertz CT molecular complexity index is 281. The molecule has 1 rings (SSSR count). The van der Waals surface area contributed by atoms with Crippen LogP contribution in [0.5, 0.6) is 0 Å². The highest BCUT2D eigenvalue weighted by Crippen LogP contribution is 2.24. The molecule has 16 heavy (non-hydrogen) atoms. The van der Waals surface area contributed by atoms with Crippen LogP contribution in [0.2, 0.25) is 0 Å². The maximum Gasteiger partial charge on any atom is 0.0645 e. The molecular weight excluding hydrogens is 196 g/mol. The summed E-state index contributed by atoms with van der Waals surface area (Å²) in [6, 6.07) is 10.5. The highest BCUT2D eigenvalue weighted by molar-refractivity contribution is 5.14. The topological polar surface area (TPSA) is 20.2 Å². The third-order valence-corrected chi connectivity index (χ3v) is 3.32. The number of aliphatic hydroxyl groups is 1. The number of rotatable bonds is 7. The largest absolute Gasteiger partial charge is 0.390 e. The van der Waals surface area contributed by atoms with Gasteiger partial charge in [0.2, 0.25) is 0 Å². The number of aryl methyl sites for hydroxylation is 1. The maximum atomic E-state index is 10.3. The average molecular weight is 220 g/mol. The lowest BCUT2D eigenvalue weighted by molar-refractivity contribution is 0.0165. The summed E-state index contributed by atoms with van der Waals surface area (Å²) in [5.74, 6) is 0. The van der Waals surface area contributed by atoms with E-state index >= 15 is 0 Å². The molecule has 0 aliphatic carbocycles. The molecule has 0 heterocycles. The molecule has 0 saturated carbocycles. The average Bonchev–Trinajstić information content (AvgIpc) is 2.31. The van der Waals surface area contributed by atoms with Crippen LogP contribution in [0, 0.1) is 0 Å². The van der Waals surface area contributed by atoms with E-state index in [2.05, 4.69) is 38.1 Å². The van der Waals surface area contributed by atoms with Crippen molar-refractivity contribution in [3.8, 4) is 0 Å². The van der Waals surface area contributed by atoms with Crippen molar-refractivity contribution in [2.24, 2.45) is 0 Å². The standard InChI is InChI=1S/C15H24O/c1-3-12-15(16,4-2)13-8-11-14-9-6-5-7-10-14/h5-7,9-10,16H,3-4,8,11-13H2,1-2H3/t15-/m1/s1. The fourth-order valence-corrected chi connectivity index (χ4v) is 2.21. The zero-order chi connectivity index (χ0) is 11.9. The van der Waals surface area contributed by atoms with Crippen LogP contribution in [-0.2, 0) is 6.42 Å². The molecule has 1 aromatic carbocycles. The van der Waals surface area contributed by atoms with E-state index < -0.39 is 5.60 Å². The normalized spacial score (nSPS) is 14.7. The molecule has 0 radical (unpaired) electrons. The van der Waals surface area contributed by atoms with Crippen molar-refractivity contribution in [3.63, 3.8) is 0 Å². The number of benzene rings is 1. The second kappa shape index (κ2) is 6.70. The van der Waals surface area contributed by atoms with E-state index in [9.17, 15) is 5.11 Å². The summed E-state index contributed by atoms with van der Waals surface area (Å²) in [6.45, 7) is 4.22. The predicted octanol–water partition coefficient (Wildman–Crippen LogP) is 3.95. The van der Waals surface area contributed by atoms with E-state index in [0.717, 1.165) is 38.5 Å². The molecular formula is C15H24O. The first-order valence-corrected chi connectivity index (χ1v) is 6.46. The van der Waals surface area contributed by atoms with E-state index in [0.29, 0.717) is 0 Å². The van der Waals surface area contributed by atoms with Gasteiger partial charge in [-0.15, -0.1) is 0 Å². The highest BCUT2D eigenvalue weighted by atomic mass is 16.3. The van der Waals surface area contributed by atoms with E-state index in [-0.39, 0.29) is 0 Å². The summed E-state index contributed by atoms with van der Waals surface area (Å²) in [4.78, 5) is 0. The number of hydrogen-bond donors (Lipinski definition) is 1. The molecule has 0 amide bonds. The van der Waals surface area contributed by atoms with Gasteiger partial charge in [0, 0.05) is 0 Å². The lowest BCUT2D eigenvalue weighted by atomic mass is 9.88. The van der Waals surface area contributed by atoms with Crippen molar-refractivity contribution in [1.29, 1.82) is 0 Å². The van der Waals surface area contributed by atoms with Crippen molar-refractivity contribution in [2.45, 2.75) is 58.0 Å². The van der Waals surface area contributed by atoms with Gasteiger partial charge >= 0.3 is 0 Å². The lowest BCUT2D eigenvalue weighted by Crippen LogP contribution is -2.27. The third kappa shape index (κ3) is 4.36. The van der Waals surface area contributed by atoms with Gasteiger partial charge in [-0.25, -0.2) is 0 Å². The summed E-state index contributed by atoms with van der Waals surface area (Å²) < 4.78 is 0. The Morgan fingerprint density at radius 3 is 2.31 bits per heavy atom. The molecule has 1 N–H and O–H groups in total. The smallest absolute Gasteiger partial charge is 0.0645 e. The first-order chi connectivity index (χ1) is 7.70. The zero-order valence-electron chi connectivity index (χ0n) is 10.6. The van der Waals surface area contributed by atoms with Crippen molar-refractivity contribution in [3.05, 3.63) is 35.9 Å². The summed E-state index contributed by atoms with van der Waals surface area (Å²) in [5, 5.41) is 10.3. The van der Waals surface area contributed by atoms with Crippen LogP contribution >= 0.6 is 0 Å². The first-order valence-electron chi connectivity index (χ1n) is 6.46. The van der Waals surface area contributed by atoms with Crippen LogP contribution in [-0.4, -0.2) is 10.7 Å². The van der Waals surface area contributed by atoms with Crippen LogP contribution < -0.4 is 0 Å². The SMILES string of the molecule is CCC[C@](O)(CC)CCCc1ccccc1. The minimum absolute atomic E-state index is 0.427. The molecule has 0 aromatic heterocycles.